The minimum Gasteiger partial charge on any atom is -0.398 e. The average Bonchev–Trinajstić information content (AvgIpc) is 2.35. The molecular weight excluding hydrogens is 268 g/mol. The van der Waals surface area contributed by atoms with Crippen molar-refractivity contribution >= 4 is 15.7 Å². The molecule has 0 fully saturated rings. The number of nitrogen functional groups attached to an aromatic ring is 1. The molecule has 0 saturated heterocycles. The van der Waals surface area contributed by atoms with Gasteiger partial charge in [0.2, 0.25) is 10.0 Å². The first-order valence-electron chi connectivity index (χ1n) is 5.93. The van der Waals surface area contributed by atoms with Gasteiger partial charge >= 0.3 is 0 Å². The molecule has 0 saturated carbocycles. The number of rotatable bonds is 6. The lowest BCUT2D eigenvalue weighted by atomic mass is 10.1. The quantitative estimate of drug-likeness (QED) is 0.632. The van der Waals surface area contributed by atoms with E-state index in [1.54, 1.807) is 13.0 Å². The Morgan fingerprint density at radius 1 is 1.16 bits per heavy atom. The normalized spacial score (nSPS) is 12.1. The van der Waals surface area contributed by atoms with Crippen LogP contribution in [0.15, 0.2) is 17.0 Å². The summed E-state index contributed by atoms with van der Waals surface area (Å²) in [6, 6.07) is 2.95. The van der Waals surface area contributed by atoms with Crippen LogP contribution in [0.5, 0.6) is 0 Å². The van der Waals surface area contributed by atoms with Crippen molar-refractivity contribution in [3.8, 4) is 0 Å². The highest BCUT2D eigenvalue weighted by atomic mass is 32.2. The third-order valence-corrected chi connectivity index (χ3v) is 4.89. The largest absolute Gasteiger partial charge is 0.398 e. The van der Waals surface area contributed by atoms with E-state index < -0.39 is 10.0 Å². The summed E-state index contributed by atoms with van der Waals surface area (Å²) in [5.41, 5.74) is 7.82. The van der Waals surface area contributed by atoms with Crippen LogP contribution < -0.4 is 5.73 Å². The molecule has 6 nitrogen and oxygen atoms in total. The Kier molecular flexibility index (Phi) is 5.30. The van der Waals surface area contributed by atoms with E-state index in [1.807, 2.05) is 6.92 Å². The maximum absolute atomic E-state index is 12.4. The molecule has 19 heavy (non-hydrogen) atoms. The van der Waals surface area contributed by atoms with E-state index in [4.69, 9.17) is 15.9 Å². The number of anilines is 1. The summed E-state index contributed by atoms with van der Waals surface area (Å²) >= 11 is 0. The zero-order valence-electron chi connectivity index (χ0n) is 11.1. The van der Waals surface area contributed by atoms with Gasteiger partial charge in [-0.25, -0.2) is 8.42 Å². The lowest BCUT2D eigenvalue weighted by Crippen LogP contribution is -2.36. The SMILES string of the molecule is Cc1cc(S(=O)(=O)N(CCO)CCO)cc(N)c1C. The average molecular weight is 288 g/mol. The van der Waals surface area contributed by atoms with Crippen molar-refractivity contribution in [1.82, 2.24) is 4.31 Å². The third kappa shape index (κ3) is 3.44. The van der Waals surface area contributed by atoms with Gasteiger partial charge in [0, 0.05) is 18.8 Å². The molecule has 1 aromatic rings. The maximum atomic E-state index is 12.4. The van der Waals surface area contributed by atoms with Gasteiger partial charge in [-0.05, 0) is 37.1 Å². The number of nitrogens with zero attached hydrogens (tertiary/aromatic N) is 1. The third-order valence-electron chi connectivity index (χ3n) is 3.02. The van der Waals surface area contributed by atoms with Crippen LogP contribution in [0.1, 0.15) is 11.1 Å². The second-order valence-corrected chi connectivity index (χ2v) is 6.24. The highest BCUT2D eigenvalue weighted by Crippen LogP contribution is 2.23. The molecule has 1 aromatic carbocycles. The molecule has 0 aliphatic carbocycles. The molecule has 0 spiro atoms. The zero-order chi connectivity index (χ0) is 14.6. The smallest absolute Gasteiger partial charge is 0.243 e. The van der Waals surface area contributed by atoms with E-state index in [2.05, 4.69) is 0 Å². The molecular formula is C12H20N2O4S. The fourth-order valence-electron chi connectivity index (χ4n) is 1.73. The monoisotopic (exact) mass is 288 g/mol. The van der Waals surface area contributed by atoms with E-state index in [1.165, 1.54) is 6.07 Å². The highest BCUT2D eigenvalue weighted by molar-refractivity contribution is 7.89. The minimum absolute atomic E-state index is 0.0598. The Hall–Kier alpha value is -1.15. The van der Waals surface area contributed by atoms with Crippen LogP contribution in [0.2, 0.25) is 0 Å². The number of nitrogens with two attached hydrogens (primary N) is 1. The first-order valence-corrected chi connectivity index (χ1v) is 7.37. The Morgan fingerprint density at radius 2 is 1.68 bits per heavy atom. The van der Waals surface area contributed by atoms with Crippen LogP contribution in [0, 0.1) is 13.8 Å². The predicted molar refractivity (Wildman–Crippen MR) is 73.3 cm³/mol. The van der Waals surface area contributed by atoms with Gasteiger partial charge < -0.3 is 15.9 Å². The van der Waals surface area contributed by atoms with E-state index in [9.17, 15) is 8.42 Å². The molecule has 0 atom stereocenters. The Morgan fingerprint density at radius 3 is 2.11 bits per heavy atom. The number of hydrogen-bond donors (Lipinski definition) is 3. The molecule has 4 N–H and O–H groups in total. The van der Waals surface area contributed by atoms with Gasteiger partial charge in [0.25, 0.3) is 0 Å². The number of aryl methyl sites for hydroxylation is 1. The molecule has 0 bridgehead atoms. The van der Waals surface area contributed by atoms with Gasteiger partial charge in [0.1, 0.15) is 0 Å². The molecule has 0 aliphatic heterocycles. The molecule has 108 valence electrons. The molecule has 0 aromatic heterocycles. The summed E-state index contributed by atoms with van der Waals surface area (Å²) in [6.07, 6.45) is 0. The first kappa shape index (κ1) is 15.9. The minimum atomic E-state index is -3.75. The lowest BCUT2D eigenvalue weighted by Gasteiger charge is -2.21. The van der Waals surface area contributed by atoms with Gasteiger partial charge in [-0.1, -0.05) is 0 Å². The summed E-state index contributed by atoms with van der Waals surface area (Å²) < 4.78 is 25.8. The van der Waals surface area contributed by atoms with Gasteiger partial charge in [-0.2, -0.15) is 4.31 Å². The molecule has 0 amide bonds. The summed E-state index contributed by atoms with van der Waals surface area (Å²) in [7, 11) is -3.75. The highest BCUT2D eigenvalue weighted by Gasteiger charge is 2.24. The second-order valence-electron chi connectivity index (χ2n) is 4.31. The topological polar surface area (TPSA) is 104 Å². The van der Waals surface area contributed by atoms with Crippen LogP contribution in [0.25, 0.3) is 0 Å². The standard InChI is InChI=1S/C12H20N2O4S/c1-9-7-11(8-12(13)10(9)2)19(17,18)14(3-5-15)4-6-16/h7-8,15-16H,3-6,13H2,1-2H3. The fourth-order valence-corrected chi connectivity index (χ4v) is 3.27. The van der Waals surface area contributed by atoms with E-state index >= 15 is 0 Å². The molecule has 1 rings (SSSR count). The molecule has 0 unspecified atom stereocenters. The zero-order valence-corrected chi connectivity index (χ0v) is 11.9. The molecule has 0 radical (unpaired) electrons. The summed E-state index contributed by atoms with van der Waals surface area (Å²) in [5.74, 6) is 0. The van der Waals surface area contributed by atoms with E-state index in [0.717, 1.165) is 15.4 Å². The van der Waals surface area contributed by atoms with Gasteiger partial charge in [0.15, 0.2) is 0 Å². The van der Waals surface area contributed by atoms with Crippen LogP contribution in [-0.4, -0.2) is 49.2 Å². The van der Waals surface area contributed by atoms with Crippen molar-refractivity contribution in [3.63, 3.8) is 0 Å². The van der Waals surface area contributed by atoms with Crippen molar-refractivity contribution in [2.45, 2.75) is 18.7 Å². The van der Waals surface area contributed by atoms with Gasteiger partial charge in [0.05, 0.1) is 18.1 Å². The predicted octanol–water partition coefficient (Wildman–Crippen LogP) is -0.139. The van der Waals surface area contributed by atoms with Crippen LogP contribution in [-0.2, 0) is 10.0 Å². The Bertz CT molecular complexity index is 514. The Balaban J connectivity index is 3.25. The maximum Gasteiger partial charge on any atom is 0.243 e. The van der Waals surface area contributed by atoms with Crippen molar-refractivity contribution in [1.29, 1.82) is 0 Å². The number of sulfonamides is 1. The molecule has 0 heterocycles. The number of benzene rings is 1. The van der Waals surface area contributed by atoms with E-state index in [0.29, 0.717) is 5.69 Å². The summed E-state index contributed by atoms with van der Waals surface area (Å²) in [6.45, 7) is 2.87. The van der Waals surface area contributed by atoms with Gasteiger partial charge in [-0.3, -0.25) is 0 Å². The Labute approximate surface area is 113 Å². The second kappa shape index (κ2) is 6.33. The number of aliphatic hydroxyl groups excluding tert-OH is 2. The summed E-state index contributed by atoms with van der Waals surface area (Å²) in [5, 5.41) is 17.8. The number of hydrogen-bond acceptors (Lipinski definition) is 5. The van der Waals surface area contributed by atoms with Crippen molar-refractivity contribution < 1.29 is 18.6 Å². The van der Waals surface area contributed by atoms with Crippen molar-refractivity contribution in [2.24, 2.45) is 0 Å². The first-order chi connectivity index (χ1) is 8.84. The van der Waals surface area contributed by atoms with Crippen LogP contribution >= 0.6 is 0 Å². The number of aliphatic hydroxyl groups is 2. The van der Waals surface area contributed by atoms with Crippen molar-refractivity contribution in [3.05, 3.63) is 23.3 Å². The molecule has 0 aliphatic rings. The lowest BCUT2D eigenvalue weighted by molar-refractivity contribution is 0.217. The summed E-state index contributed by atoms with van der Waals surface area (Å²) in [4.78, 5) is 0.0787. The fraction of sp³-hybridized carbons (Fsp3) is 0.500. The van der Waals surface area contributed by atoms with Crippen molar-refractivity contribution in [2.75, 3.05) is 32.0 Å². The van der Waals surface area contributed by atoms with Gasteiger partial charge in [-0.15, -0.1) is 0 Å². The van der Waals surface area contributed by atoms with Crippen LogP contribution in [0.4, 0.5) is 5.69 Å². The van der Waals surface area contributed by atoms with E-state index in [-0.39, 0.29) is 31.2 Å². The molecule has 7 heteroatoms. The van der Waals surface area contributed by atoms with Crippen LogP contribution in [0.3, 0.4) is 0 Å².